The molecule has 2 aliphatic rings. The summed E-state index contributed by atoms with van der Waals surface area (Å²) in [4.78, 5) is 0. The smallest absolute Gasteiger partial charge is 0.0421 e. The molecule has 0 radical (unpaired) electrons. The third-order valence-electron chi connectivity index (χ3n) is 2.93. The summed E-state index contributed by atoms with van der Waals surface area (Å²) >= 11 is 0. The second-order valence-electron chi connectivity index (χ2n) is 4.05. The van der Waals surface area contributed by atoms with Crippen molar-refractivity contribution < 1.29 is 0 Å². The number of allylic oxidation sites excluding steroid dienone is 1. The van der Waals surface area contributed by atoms with Crippen LogP contribution in [0.5, 0.6) is 0 Å². The Kier molecular flexibility index (Phi) is 1.32. The normalized spacial score (nSPS) is 19.8. The molecule has 0 aromatic heterocycles. The molecule has 0 saturated heterocycles. The largest absolute Gasteiger partial charge is 0.359 e. The van der Waals surface area contributed by atoms with Crippen molar-refractivity contribution in [1.29, 1.82) is 0 Å². The first-order valence-corrected chi connectivity index (χ1v) is 4.91. The zero-order valence-electron chi connectivity index (χ0n) is 7.64. The van der Waals surface area contributed by atoms with Crippen LogP contribution in [0.15, 0.2) is 30.5 Å². The number of anilines is 1. The van der Waals surface area contributed by atoms with Gasteiger partial charge >= 0.3 is 0 Å². The second kappa shape index (κ2) is 2.38. The molecule has 1 aliphatic heterocycles. The Morgan fingerprint density at radius 2 is 2.15 bits per heavy atom. The van der Waals surface area contributed by atoms with Gasteiger partial charge in [0.1, 0.15) is 0 Å². The fourth-order valence-corrected chi connectivity index (χ4v) is 2.14. The predicted molar refractivity (Wildman–Crippen MR) is 54.9 cm³/mol. The fourth-order valence-electron chi connectivity index (χ4n) is 2.14. The van der Waals surface area contributed by atoms with Gasteiger partial charge in [-0.25, -0.2) is 0 Å². The van der Waals surface area contributed by atoms with E-state index in [1.54, 1.807) is 5.56 Å². The maximum Gasteiger partial charge on any atom is 0.0421 e. The Hall–Kier alpha value is -1.24. The molecule has 0 atom stereocenters. The maximum atomic E-state index is 3.98. The van der Waals surface area contributed by atoms with E-state index in [2.05, 4.69) is 30.1 Å². The van der Waals surface area contributed by atoms with Gasteiger partial charge in [0, 0.05) is 17.8 Å². The maximum absolute atomic E-state index is 3.98. The van der Waals surface area contributed by atoms with Gasteiger partial charge in [-0.05, 0) is 36.0 Å². The molecule has 1 nitrogen and oxygen atoms in total. The van der Waals surface area contributed by atoms with Crippen molar-refractivity contribution in [2.75, 3.05) is 5.32 Å². The lowest BCUT2D eigenvalue weighted by Crippen LogP contribution is -1.87. The standard InChI is InChI=1S/C12H13N/c1-8-7-11-10(9-5-6-9)3-2-4-12(11)13-8/h2-4,9,13H,1,5-7H2. The Morgan fingerprint density at radius 3 is 2.92 bits per heavy atom. The molecule has 1 heterocycles. The number of hydrogen-bond acceptors (Lipinski definition) is 1. The molecule has 0 spiro atoms. The summed E-state index contributed by atoms with van der Waals surface area (Å²) in [5.74, 6) is 0.850. The molecule has 1 aromatic rings. The molecule has 1 saturated carbocycles. The number of fused-ring (bicyclic) bond motifs is 1. The molecule has 3 rings (SSSR count). The fraction of sp³-hybridized carbons (Fsp3) is 0.333. The minimum Gasteiger partial charge on any atom is -0.359 e. The van der Waals surface area contributed by atoms with Crippen LogP contribution in [0.2, 0.25) is 0 Å². The Balaban J connectivity index is 2.12. The van der Waals surface area contributed by atoms with Gasteiger partial charge in [-0.3, -0.25) is 0 Å². The average Bonchev–Trinajstić information content (AvgIpc) is 2.86. The minimum absolute atomic E-state index is 0.850. The molecule has 1 aromatic carbocycles. The van der Waals surface area contributed by atoms with Crippen LogP contribution in [-0.2, 0) is 6.42 Å². The molecule has 0 bridgehead atoms. The summed E-state index contributed by atoms with van der Waals surface area (Å²) in [5.41, 5.74) is 5.48. The highest BCUT2D eigenvalue weighted by Crippen LogP contribution is 2.45. The van der Waals surface area contributed by atoms with Crippen LogP contribution in [0.1, 0.15) is 29.9 Å². The van der Waals surface area contributed by atoms with E-state index in [1.165, 1.54) is 24.1 Å². The lowest BCUT2D eigenvalue weighted by molar-refractivity contribution is 1.08. The number of nitrogens with one attached hydrogen (secondary N) is 1. The van der Waals surface area contributed by atoms with Gasteiger partial charge < -0.3 is 5.32 Å². The first-order chi connectivity index (χ1) is 6.34. The van der Waals surface area contributed by atoms with Crippen LogP contribution in [-0.4, -0.2) is 0 Å². The van der Waals surface area contributed by atoms with Crippen LogP contribution in [0.25, 0.3) is 0 Å². The van der Waals surface area contributed by atoms with E-state index >= 15 is 0 Å². The average molecular weight is 171 g/mol. The topological polar surface area (TPSA) is 12.0 Å². The number of hydrogen-bond donors (Lipinski definition) is 1. The molecule has 13 heavy (non-hydrogen) atoms. The van der Waals surface area contributed by atoms with Crippen LogP contribution < -0.4 is 5.32 Å². The van der Waals surface area contributed by atoms with Crippen molar-refractivity contribution in [3.63, 3.8) is 0 Å². The van der Waals surface area contributed by atoms with Crippen LogP contribution in [0, 0.1) is 0 Å². The molecule has 1 N–H and O–H groups in total. The third kappa shape index (κ3) is 1.07. The predicted octanol–water partition coefficient (Wildman–Crippen LogP) is 3.05. The summed E-state index contributed by atoms with van der Waals surface area (Å²) in [5, 5.41) is 3.33. The molecule has 1 aliphatic carbocycles. The van der Waals surface area contributed by atoms with Crippen molar-refractivity contribution in [1.82, 2.24) is 0 Å². The number of rotatable bonds is 1. The SMILES string of the molecule is C=C1Cc2c(cccc2C2CC2)N1. The molecule has 1 fully saturated rings. The molecular formula is C12H13N. The van der Waals surface area contributed by atoms with E-state index in [1.807, 2.05) is 0 Å². The number of benzene rings is 1. The van der Waals surface area contributed by atoms with Crippen LogP contribution in [0.4, 0.5) is 5.69 Å². The summed E-state index contributed by atoms with van der Waals surface area (Å²) in [6.45, 7) is 3.98. The van der Waals surface area contributed by atoms with E-state index in [0.29, 0.717) is 0 Å². The molecule has 1 heteroatoms. The van der Waals surface area contributed by atoms with E-state index in [-0.39, 0.29) is 0 Å². The van der Waals surface area contributed by atoms with Crippen molar-refractivity contribution in [3.8, 4) is 0 Å². The van der Waals surface area contributed by atoms with Gasteiger partial charge in [-0.1, -0.05) is 18.7 Å². The first-order valence-electron chi connectivity index (χ1n) is 4.91. The zero-order valence-corrected chi connectivity index (χ0v) is 7.64. The van der Waals surface area contributed by atoms with E-state index < -0.39 is 0 Å². The van der Waals surface area contributed by atoms with Gasteiger partial charge in [-0.15, -0.1) is 0 Å². The molecular weight excluding hydrogens is 158 g/mol. The van der Waals surface area contributed by atoms with Gasteiger partial charge in [0.15, 0.2) is 0 Å². The highest BCUT2D eigenvalue weighted by atomic mass is 14.9. The van der Waals surface area contributed by atoms with Gasteiger partial charge in [0.25, 0.3) is 0 Å². The van der Waals surface area contributed by atoms with Gasteiger partial charge in [0.05, 0.1) is 0 Å². The summed E-state index contributed by atoms with van der Waals surface area (Å²) in [7, 11) is 0. The lowest BCUT2D eigenvalue weighted by atomic mass is 10.0. The monoisotopic (exact) mass is 171 g/mol. The zero-order chi connectivity index (χ0) is 8.84. The van der Waals surface area contributed by atoms with Gasteiger partial charge in [0.2, 0.25) is 0 Å². The van der Waals surface area contributed by atoms with Crippen molar-refractivity contribution in [2.24, 2.45) is 0 Å². The molecule has 0 unspecified atom stereocenters. The second-order valence-corrected chi connectivity index (χ2v) is 4.05. The van der Waals surface area contributed by atoms with Crippen molar-refractivity contribution in [3.05, 3.63) is 41.6 Å². The van der Waals surface area contributed by atoms with Crippen molar-refractivity contribution in [2.45, 2.75) is 25.2 Å². The van der Waals surface area contributed by atoms with Crippen LogP contribution >= 0.6 is 0 Å². The summed E-state index contributed by atoms with van der Waals surface area (Å²) in [6, 6.07) is 6.58. The van der Waals surface area contributed by atoms with E-state index in [9.17, 15) is 0 Å². The Labute approximate surface area is 78.5 Å². The van der Waals surface area contributed by atoms with E-state index in [0.717, 1.165) is 18.0 Å². The first kappa shape index (κ1) is 7.19. The highest BCUT2D eigenvalue weighted by molar-refractivity contribution is 5.65. The quantitative estimate of drug-likeness (QED) is 0.684. The van der Waals surface area contributed by atoms with Gasteiger partial charge in [-0.2, -0.15) is 0 Å². The summed E-state index contributed by atoms with van der Waals surface area (Å²) in [6.07, 6.45) is 3.79. The minimum atomic E-state index is 0.850. The highest BCUT2D eigenvalue weighted by Gasteiger charge is 2.28. The van der Waals surface area contributed by atoms with Crippen molar-refractivity contribution >= 4 is 5.69 Å². The molecule has 0 amide bonds. The Bertz CT molecular complexity index is 375. The molecule has 66 valence electrons. The third-order valence-corrected chi connectivity index (χ3v) is 2.93. The van der Waals surface area contributed by atoms with Crippen LogP contribution in [0.3, 0.4) is 0 Å². The lowest BCUT2D eigenvalue weighted by Gasteiger charge is -2.04. The Morgan fingerprint density at radius 1 is 1.31 bits per heavy atom. The van der Waals surface area contributed by atoms with E-state index in [4.69, 9.17) is 0 Å². The summed E-state index contributed by atoms with van der Waals surface area (Å²) < 4.78 is 0.